The van der Waals surface area contributed by atoms with E-state index in [-0.39, 0.29) is 34.0 Å². The molecule has 0 aliphatic rings. The first-order chi connectivity index (χ1) is 9.32. The third-order valence-electron chi connectivity index (χ3n) is 2.51. The molecule has 0 aromatic carbocycles. The van der Waals surface area contributed by atoms with Gasteiger partial charge in [0.1, 0.15) is 0 Å². The highest BCUT2D eigenvalue weighted by molar-refractivity contribution is 6.35. The van der Waals surface area contributed by atoms with E-state index in [0.717, 1.165) is 18.5 Å². The molecule has 118 valence electrons. The Hall–Kier alpha value is -0.653. The summed E-state index contributed by atoms with van der Waals surface area (Å²) >= 11 is 0. The lowest BCUT2D eigenvalue weighted by atomic mass is 10.4. The molecule has 0 aromatic rings. The average molecular weight is 302 g/mol. The zero-order valence-corrected chi connectivity index (χ0v) is 15.0. The number of carbonyl (C=O) groups is 1. The van der Waals surface area contributed by atoms with E-state index >= 15 is 0 Å². The van der Waals surface area contributed by atoms with Gasteiger partial charge in [-0.1, -0.05) is 12.6 Å². The molecule has 0 aromatic heterocycles. The Morgan fingerprint density at radius 3 is 2.15 bits per heavy atom. The molecule has 4 nitrogen and oxygen atoms in total. The Bertz CT molecular complexity index is 280. The van der Waals surface area contributed by atoms with Crippen molar-refractivity contribution in [3.8, 4) is 0 Å². The van der Waals surface area contributed by atoms with Crippen LogP contribution in [-0.2, 0) is 19.0 Å². The second-order valence-electron chi connectivity index (χ2n) is 5.56. The smallest absolute Gasteiger partial charge is 0.333 e. The Morgan fingerprint density at radius 1 is 1.15 bits per heavy atom. The molecule has 0 aliphatic carbocycles. The SMILES string of the molecule is C=C(C)C(=O)OCCC[SiH2]CC(OC(C)C)OC(C)C. The Kier molecular flexibility index (Phi) is 10.7. The van der Waals surface area contributed by atoms with Gasteiger partial charge < -0.3 is 14.2 Å². The first-order valence-electron chi connectivity index (χ1n) is 7.46. The first-order valence-corrected chi connectivity index (χ1v) is 9.46. The van der Waals surface area contributed by atoms with Gasteiger partial charge in [-0.25, -0.2) is 4.79 Å². The lowest BCUT2D eigenvalue weighted by Gasteiger charge is -2.22. The number of hydrogen-bond acceptors (Lipinski definition) is 4. The lowest BCUT2D eigenvalue weighted by Crippen LogP contribution is -2.25. The van der Waals surface area contributed by atoms with Gasteiger partial charge >= 0.3 is 5.97 Å². The minimum atomic E-state index is -0.296. The highest BCUT2D eigenvalue weighted by atomic mass is 28.2. The predicted molar refractivity (Wildman–Crippen MR) is 84.8 cm³/mol. The van der Waals surface area contributed by atoms with Crippen LogP contribution in [0.15, 0.2) is 12.2 Å². The van der Waals surface area contributed by atoms with Crippen molar-refractivity contribution in [1.82, 2.24) is 0 Å². The van der Waals surface area contributed by atoms with E-state index in [4.69, 9.17) is 14.2 Å². The Balaban J connectivity index is 3.72. The fraction of sp³-hybridized carbons (Fsp3) is 0.800. The molecule has 0 bridgehead atoms. The normalized spacial score (nSPS) is 12.0. The van der Waals surface area contributed by atoms with Crippen LogP contribution in [0.1, 0.15) is 41.0 Å². The van der Waals surface area contributed by atoms with Gasteiger partial charge in [-0.15, -0.1) is 0 Å². The van der Waals surface area contributed by atoms with Crippen LogP contribution in [0.4, 0.5) is 0 Å². The van der Waals surface area contributed by atoms with Crippen LogP contribution in [-0.4, -0.2) is 40.6 Å². The minimum Gasteiger partial charge on any atom is -0.462 e. The van der Waals surface area contributed by atoms with Crippen molar-refractivity contribution in [1.29, 1.82) is 0 Å². The van der Waals surface area contributed by atoms with Gasteiger partial charge in [0, 0.05) is 15.1 Å². The van der Waals surface area contributed by atoms with E-state index in [1.165, 1.54) is 0 Å². The molecule has 5 heteroatoms. The zero-order chi connectivity index (χ0) is 15.5. The van der Waals surface area contributed by atoms with Crippen molar-refractivity contribution in [2.75, 3.05) is 6.61 Å². The van der Waals surface area contributed by atoms with Crippen LogP contribution >= 0.6 is 0 Å². The van der Waals surface area contributed by atoms with Crippen LogP contribution in [0.25, 0.3) is 0 Å². The second-order valence-corrected chi connectivity index (χ2v) is 7.56. The third kappa shape index (κ3) is 11.2. The Morgan fingerprint density at radius 2 is 1.70 bits per heavy atom. The fourth-order valence-electron chi connectivity index (χ4n) is 1.65. The van der Waals surface area contributed by atoms with E-state index in [1.54, 1.807) is 6.92 Å². The molecule has 0 rings (SSSR count). The van der Waals surface area contributed by atoms with Crippen molar-refractivity contribution in [2.45, 2.75) is 71.6 Å². The molecule has 0 N–H and O–H groups in total. The highest BCUT2D eigenvalue weighted by Crippen LogP contribution is 2.09. The van der Waals surface area contributed by atoms with E-state index < -0.39 is 0 Å². The molecule has 0 unspecified atom stereocenters. The summed E-state index contributed by atoms with van der Waals surface area (Å²) in [6.45, 7) is 13.8. The maximum atomic E-state index is 11.2. The summed E-state index contributed by atoms with van der Waals surface area (Å²) in [4.78, 5) is 11.2. The van der Waals surface area contributed by atoms with Crippen molar-refractivity contribution < 1.29 is 19.0 Å². The molecule has 0 aliphatic heterocycles. The van der Waals surface area contributed by atoms with Gasteiger partial charge in [0.25, 0.3) is 0 Å². The predicted octanol–water partition coefficient (Wildman–Crippen LogP) is 2.68. The van der Waals surface area contributed by atoms with Crippen molar-refractivity contribution >= 4 is 15.5 Å². The maximum absolute atomic E-state index is 11.2. The molecular formula is C15H30O4Si. The highest BCUT2D eigenvalue weighted by Gasteiger charge is 2.13. The summed E-state index contributed by atoms with van der Waals surface area (Å²) < 4.78 is 16.6. The summed E-state index contributed by atoms with van der Waals surface area (Å²) in [5, 5.41) is 0. The quantitative estimate of drug-likeness (QED) is 0.193. The summed E-state index contributed by atoms with van der Waals surface area (Å²) in [6.07, 6.45) is 1.20. The molecule has 0 atom stereocenters. The van der Waals surface area contributed by atoms with Crippen LogP contribution in [0, 0.1) is 0 Å². The van der Waals surface area contributed by atoms with Gasteiger partial charge in [0.2, 0.25) is 0 Å². The van der Waals surface area contributed by atoms with Crippen molar-refractivity contribution in [2.24, 2.45) is 0 Å². The molecule has 0 heterocycles. The van der Waals surface area contributed by atoms with Crippen LogP contribution in [0.3, 0.4) is 0 Å². The van der Waals surface area contributed by atoms with Gasteiger partial charge in [0.05, 0.1) is 18.8 Å². The van der Waals surface area contributed by atoms with Gasteiger partial charge in [-0.3, -0.25) is 0 Å². The summed E-state index contributed by atoms with van der Waals surface area (Å²) in [5.74, 6) is -0.296. The number of carbonyl (C=O) groups excluding carboxylic acids is 1. The Labute approximate surface area is 125 Å². The molecule has 20 heavy (non-hydrogen) atoms. The summed E-state index contributed by atoms with van der Waals surface area (Å²) in [7, 11) is -0.250. The molecule has 0 radical (unpaired) electrons. The second kappa shape index (κ2) is 11.1. The molecule has 0 amide bonds. The molecule has 0 spiro atoms. The number of esters is 1. The molecular weight excluding hydrogens is 272 g/mol. The monoisotopic (exact) mass is 302 g/mol. The minimum absolute atomic E-state index is 0.0837. The zero-order valence-electron chi connectivity index (χ0n) is 13.6. The molecule has 0 saturated heterocycles. The topological polar surface area (TPSA) is 44.8 Å². The van der Waals surface area contributed by atoms with E-state index in [2.05, 4.69) is 6.58 Å². The maximum Gasteiger partial charge on any atom is 0.333 e. The number of rotatable bonds is 11. The van der Waals surface area contributed by atoms with E-state index in [9.17, 15) is 4.79 Å². The van der Waals surface area contributed by atoms with Gasteiger partial charge in [0.15, 0.2) is 6.29 Å². The van der Waals surface area contributed by atoms with E-state index in [1.807, 2.05) is 27.7 Å². The van der Waals surface area contributed by atoms with Crippen molar-refractivity contribution in [3.63, 3.8) is 0 Å². The fourth-order valence-corrected chi connectivity index (χ4v) is 3.11. The van der Waals surface area contributed by atoms with Gasteiger partial charge in [-0.05, 0) is 47.1 Å². The molecule has 0 fully saturated rings. The average Bonchev–Trinajstić information content (AvgIpc) is 2.31. The van der Waals surface area contributed by atoms with E-state index in [0.29, 0.717) is 12.2 Å². The standard InChI is InChI=1S/C15H30O4Si/c1-11(2)15(16)17-8-7-9-20-10-14(18-12(3)4)19-13(5)6/h12-14H,1,7-10,20H2,2-6H3. The number of ether oxygens (including phenoxy) is 3. The van der Waals surface area contributed by atoms with Gasteiger partial charge in [-0.2, -0.15) is 0 Å². The summed E-state index contributed by atoms with van der Waals surface area (Å²) in [6, 6.07) is 2.13. The van der Waals surface area contributed by atoms with Crippen LogP contribution in [0.5, 0.6) is 0 Å². The number of hydrogen-bond donors (Lipinski definition) is 0. The van der Waals surface area contributed by atoms with Crippen LogP contribution < -0.4 is 0 Å². The molecule has 0 saturated carbocycles. The van der Waals surface area contributed by atoms with Crippen LogP contribution in [0.2, 0.25) is 12.1 Å². The summed E-state index contributed by atoms with van der Waals surface area (Å²) in [5.41, 5.74) is 0.456. The third-order valence-corrected chi connectivity index (χ3v) is 4.39. The first kappa shape index (κ1) is 19.3. The largest absolute Gasteiger partial charge is 0.462 e. The van der Waals surface area contributed by atoms with Crippen molar-refractivity contribution in [3.05, 3.63) is 12.2 Å². The lowest BCUT2D eigenvalue weighted by molar-refractivity contribution is -0.169.